The lowest BCUT2D eigenvalue weighted by atomic mass is 9.88. The molecule has 0 saturated heterocycles. The zero-order chi connectivity index (χ0) is 15.0. The molecule has 0 radical (unpaired) electrons. The summed E-state index contributed by atoms with van der Waals surface area (Å²) in [5.74, 6) is 0.585. The van der Waals surface area contributed by atoms with Crippen LogP contribution in [0.3, 0.4) is 0 Å². The van der Waals surface area contributed by atoms with Crippen molar-refractivity contribution in [2.45, 2.75) is 71.4 Å². The van der Waals surface area contributed by atoms with Crippen molar-refractivity contribution in [2.24, 2.45) is 5.92 Å². The molecule has 1 saturated carbocycles. The standard InChI is InChI=1S/C16H31NO3/c1-5-17-16(4,15(18)19-6-2)10-11-20-14-9-7-8-13(3)12-14/h13-14,17H,5-12H2,1-4H3. The molecule has 118 valence electrons. The third kappa shape index (κ3) is 5.41. The Kier molecular flexibility index (Phi) is 7.52. The minimum absolute atomic E-state index is 0.178. The van der Waals surface area contributed by atoms with E-state index in [4.69, 9.17) is 9.47 Å². The van der Waals surface area contributed by atoms with Crippen LogP contribution in [-0.4, -0.2) is 37.4 Å². The molecule has 0 aromatic heterocycles. The van der Waals surface area contributed by atoms with Crippen LogP contribution in [0.2, 0.25) is 0 Å². The Balaban J connectivity index is 2.40. The van der Waals surface area contributed by atoms with Gasteiger partial charge < -0.3 is 14.8 Å². The molecule has 0 bridgehead atoms. The van der Waals surface area contributed by atoms with Crippen molar-refractivity contribution in [2.75, 3.05) is 19.8 Å². The predicted octanol–water partition coefficient (Wildman–Crippen LogP) is 2.90. The van der Waals surface area contributed by atoms with E-state index in [0.717, 1.165) is 25.3 Å². The van der Waals surface area contributed by atoms with E-state index in [1.54, 1.807) is 0 Å². The largest absolute Gasteiger partial charge is 0.465 e. The summed E-state index contributed by atoms with van der Waals surface area (Å²) in [7, 11) is 0. The van der Waals surface area contributed by atoms with Gasteiger partial charge in [-0.05, 0) is 45.6 Å². The van der Waals surface area contributed by atoms with Gasteiger partial charge in [0.1, 0.15) is 5.54 Å². The van der Waals surface area contributed by atoms with Gasteiger partial charge in [0.15, 0.2) is 0 Å². The third-order valence-electron chi connectivity index (χ3n) is 4.14. The molecule has 0 aromatic carbocycles. The molecule has 0 spiro atoms. The topological polar surface area (TPSA) is 47.6 Å². The number of carbonyl (C=O) groups is 1. The van der Waals surface area contributed by atoms with E-state index in [1.807, 2.05) is 20.8 Å². The zero-order valence-corrected chi connectivity index (χ0v) is 13.5. The van der Waals surface area contributed by atoms with Gasteiger partial charge in [0.2, 0.25) is 0 Å². The molecule has 1 rings (SSSR count). The van der Waals surface area contributed by atoms with Crippen molar-refractivity contribution in [3.63, 3.8) is 0 Å². The molecule has 4 heteroatoms. The Hall–Kier alpha value is -0.610. The average Bonchev–Trinajstić information content (AvgIpc) is 2.39. The summed E-state index contributed by atoms with van der Waals surface area (Å²) < 4.78 is 11.1. The Bertz CT molecular complexity index is 295. The van der Waals surface area contributed by atoms with Crippen molar-refractivity contribution in [3.8, 4) is 0 Å². The summed E-state index contributed by atoms with van der Waals surface area (Å²) in [6.45, 7) is 9.81. The molecular weight excluding hydrogens is 254 g/mol. The van der Waals surface area contributed by atoms with Gasteiger partial charge in [0.25, 0.3) is 0 Å². The monoisotopic (exact) mass is 285 g/mol. The molecule has 0 heterocycles. The second-order valence-electron chi connectivity index (χ2n) is 6.10. The van der Waals surface area contributed by atoms with Crippen LogP contribution in [0, 0.1) is 5.92 Å². The third-order valence-corrected chi connectivity index (χ3v) is 4.14. The highest BCUT2D eigenvalue weighted by Gasteiger charge is 2.33. The van der Waals surface area contributed by atoms with E-state index in [-0.39, 0.29) is 5.97 Å². The fourth-order valence-electron chi connectivity index (χ4n) is 2.90. The molecule has 4 nitrogen and oxygen atoms in total. The molecule has 1 aliphatic rings. The van der Waals surface area contributed by atoms with E-state index in [0.29, 0.717) is 25.7 Å². The van der Waals surface area contributed by atoms with Gasteiger partial charge in [-0.25, -0.2) is 0 Å². The summed E-state index contributed by atoms with van der Waals surface area (Å²) in [6, 6.07) is 0. The first-order valence-corrected chi connectivity index (χ1v) is 8.05. The molecule has 0 aromatic rings. The highest BCUT2D eigenvalue weighted by atomic mass is 16.5. The predicted molar refractivity (Wildman–Crippen MR) is 80.7 cm³/mol. The molecule has 0 aliphatic heterocycles. The molecular formula is C16H31NO3. The molecule has 1 aliphatic carbocycles. The van der Waals surface area contributed by atoms with E-state index in [9.17, 15) is 4.79 Å². The highest BCUT2D eigenvalue weighted by Crippen LogP contribution is 2.26. The van der Waals surface area contributed by atoms with Gasteiger partial charge in [-0.3, -0.25) is 4.79 Å². The minimum atomic E-state index is -0.634. The van der Waals surface area contributed by atoms with Gasteiger partial charge in [-0.2, -0.15) is 0 Å². The van der Waals surface area contributed by atoms with E-state index >= 15 is 0 Å². The summed E-state index contributed by atoms with van der Waals surface area (Å²) in [4.78, 5) is 12.0. The summed E-state index contributed by atoms with van der Waals surface area (Å²) >= 11 is 0. The number of carbonyl (C=O) groups excluding carboxylic acids is 1. The van der Waals surface area contributed by atoms with Gasteiger partial charge in [0.05, 0.1) is 12.7 Å². The maximum Gasteiger partial charge on any atom is 0.326 e. The van der Waals surface area contributed by atoms with Crippen molar-refractivity contribution < 1.29 is 14.3 Å². The fourth-order valence-corrected chi connectivity index (χ4v) is 2.90. The van der Waals surface area contributed by atoms with Crippen LogP contribution >= 0.6 is 0 Å². The van der Waals surface area contributed by atoms with Crippen LogP contribution < -0.4 is 5.32 Å². The maximum atomic E-state index is 12.0. The van der Waals surface area contributed by atoms with E-state index < -0.39 is 5.54 Å². The number of ether oxygens (including phenoxy) is 2. The first-order valence-electron chi connectivity index (χ1n) is 8.05. The maximum absolute atomic E-state index is 12.0. The van der Waals surface area contributed by atoms with Gasteiger partial charge in [-0.1, -0.05) is 26.7 Å². The average molecular weight is 285 g/mol. The number of rotatable bonds is 8. The van der Waals surface area contributed by atoms with Gasteiger partial charge in [-0.15, -0.1) is 0 Å². The van der Waals surface area contributed by atoms with Crippen molar-refractivity contribution in [1.82, 2.24) is 5.32 Å². The van der Waals surface area contributed by atoms with E-state index in [1.165, 1.54) is 12.8 Å². The smallest absolute Gasteiger partial charge is 0.326 e. The summed E-state index contributed by atoms with van der Waals surface area (Å²) in [5.41, 5.74) is -0.634. The van der Waals surface area contributed by atoms with Crippen LogP contribution in [0.25, 0.3) is 0 Å². The lowest BCUT2D eigenvalue weighted by Crippen LogP contribution is -2.51. The van der Waals surface area contributed by atoms with Crippen LogP contribution in [0.1, 0.15) is 59.8 Å². The van der Waals surface area contributed by atoms with Crippen LogP contribution in [0.4, 0.5) is 0 Å². The number of esters is 1. The zero-order valence-electron chi connectivity index (χ0n) is 13.5. The second kappa shape index (κ2) is 8.63. The summed E-state index contributed by atoms with van der Waals surface area (Å²) in [6.07, 6.45) is 5.90. The Morgan fingerprint density at radius 2 is 2.10 bits per heavy atom. The van der Waals surface area contributed by atoms with Crippen LogP contribution in [0.15, 0.2) is 0 Å². The van der Waals surface area contributed by atoms with Crippen LogP contribution in [0.5, 0.6) is 0 Å². The van der Waals surface area contributed by atoms with Crippen LogP contribution in [-0.2, 0) is 14.3 Å². The summed E-state index contributed by atoms with van der Waals surface area (Å²) in [5, 5.41) is 3.24. The lowest BCUT2D eigenvalue weighted by molar-refractivity contribution is -0.151. The first kappa shape index (κ1) is 17.4. The SMILES string of the molecule is CCNC(C)(CCOC1CCCC(C)C1)C(=O)OCC. The Labute approximate surface area is 123 Å². The minimum Gasteiger partial charge on any atom is -0.465 e. The second-order valence-corrected chi connectivity index (χ2v) is 6.10. The van der Waals surface area contributed by atoms with Crippen molar-refractivity contribution >= 4 is 5.97 Å². The number of likely N-dealkylation sites (N-methyl/N-ethyl adjacent to an activating group) is 1. The molecule has 1 N–H and O–H groups in total. The number of nitrogens with one attached hydrogen (secondary N) is 1. The molecule has 20 heavy (non-hydrogen) atoms. The molecule has 0 amide bonds. The Morgan fingerprint density at radius 3 is 2.70 bits per heavy atom. The number of hydrogen-bond donors (Lipinski definition) is 1. The quantitative estimate of drug-likeness (QED) is 0.697. The molecule has 3 unspecified atom stereocenters. The molecule has 1 fully saturated rings. The highest BCUT2D eigenvalue weighted by molar-refractivity contribution is 5.80. The fraction of sp³-hybridized carbons (Fsp3) is 0.938. The van der Waals surface area contributed by atoms with Crippen molar-refractivity contribution in [3.05, 3.63) is 0 Å². The normalized spacial score (nSPS) is 26.0. The van der Waals surface area contributed by atoms with E-state index in [2.05, 4.69) is 12.2 Å². The Morgan fingerprint density at radius 1 is 1.35 bits per heavy atom. The lowest BCUT2D eigenvalue weighted by Gasteiger charge is -2.30. The van der Waals surface area contributed by atoms with Gasteiger partial charge in [0, 0.05) is 6.61 Å². The molecule has 3 atom stereocenters. The van der Waals surface area contributed by atoms with Crippen molar-refractivity contribution in [1.29, 1.82) is 0 Å². The number of hydrogen-bond acceptors (Lipinski definition) is 4. The first-order chi connectivity index (χ1) is 9.51. The van der Waals surface area contributed by atoms with Gasteiger partial charge >= 0.3 is 5.97 Å².